The van der Waals surface area contributed by atoms with Crippen molar-refractivity contribution < 1.29 is 0 Å². The Morgan fingerprint density at radius 1 is 0.481 bits per heavy atom. The number of allylic oxidation sites excluding steroid dienone is 4. The predicted octanol–water partition coefficient (Wildman–Crippen LogP) is 7.78. The zero-order chi connectivity index (χ0) is 18.3. The van der Waals surface area contributed by atoms with Crippen molar-refractivity contribution in [2.24, 2.45) is 0 Å². The van der Waals surface area contributed by atoms with Crippen molar-refractivity contribution in [3.8, 4) is 0 Å². The summed E-state index contributed by atoms with van der Waals surface area (Å²) in [7, 11) is 0. The van der Waals surface area contributed by atoms with E-state index < -0.39 is 0 Å². The monoisotopic (exact) mass is 356 g/mol. The highest BCUT2D eigenvalue weighted by molar-refractivity contribution is 5.73. The second-order valence-corrected chi connectivity index (χ2v) is 8.16. The Bertz CT molecular complexity index is 752. The van der Waals surface area contributed by atoms with E-state index in [1.165, 1.54) is 80.0 Å². The van der Waals surface area contributed by atoms with E-state index in [1.54, 1.807) is 11.1 Å². The van der Waals surface area contributed by atoms with E-state index in [0.717, 1.165) is 12.8 Å². The molecule has 2 aliphatic carbocycles. The SMILES string of the molecule is C1=C(CCCCCCCCCC2=CCc3ccccc32)c2ccccc2C1. The molecule has 2 aromatic rings. The van der Waals surface area contributed by atoms with Gasteiger partial charge in [-0.15, -0.1) is 0 Å². The van der Waals surface area contributed by atoms with Crippen LogP contribution in [0.5, 0.6) is 0 Å². The molecule has 0 bridgehead atoms. The van der Waals surface area contributed by atoms with Crippen LogP contribution >= 0.6 is 0 Å². The van der Waals surface area contributed by atoms with Crippen molar-refractivity contribution in [3.05, 3.63) is 82.9 Å². The Balaban J connectivity index is 1.05. The molecule has 0 saturated heterocycles. The highest BCUT2D eigenvalue weighted by Crippen LogP contribution is 2.32. The molecule has 0 radical (unpaired) electrons. The summed E-state index contributed by atoms with van der Waals surface area (Å²) in [5.41, 5.74) is 9.26. The maximum absolute atomic E-state index is 2.44. The lowest BCUT2D eigenvalue weighted by molar-refractivity contribution is 0.586. The fourth-order valence-corrected chi connectivity index (χ4v) is 4.70. The largest absolute Gasteiger partial charge is 0.0763 e. The minimum atomic E-state index is 1.15. The molecule has 0 atom stereocenters. The van der Waals surface area contributed by atoms with Gasteiger partial charge in [-0.1, -0.05) is 92.8 Å². The Morgan fingerprint density at radius 3 is 1.37 bits per heavy atom. The summed E-state index contributed by atoms with van der Waals surface area (Å²) in [6.45, 7) is 0. The summed E-state index contributed by atoms with van der Waals surface area (Å²) >= 11 is 0. The Kier molecular flexibility index (Phi) is 6.25. The van der Waals surface area contributed by atoms with Gasteiger partial charge in [-0.05, 0) is 71.9 Å². The van der Waals surface area contributed by atoms with Crippen LogP contribution in [0.4, 0.5) is 0 Å². The number of hydrogen-bond acceptors (Lipinski definition) is 0. The Labute approximate surface area is 165 Å². The summed E-state index contributed by atoms with van der Waals surface area (Å²) in [5.74, 6) is 0. The van der Waals surface area contributed by atoms with Gasteiger partial charge in [0.1, 0.15) is 0 Å². The molecule has 2 aromatic carbocycles. The van der Waals surface area contributed by atoms with Gasteiger partial charge in [-0.3, -0.25) is 0 Å². The van der Waals surface area contributed by atoms with Gasteiger partial charge >= 0.3 is 0 Å². The van der Waals surface area contributed by atoms with Crippen molar-refractivity contribution in [3.63, 3.8) is 0 Å². The first-order chi connectivity index (χ1) is 13.4. The topological polar surface area (TPSA) is 0 Å². The molecule has 0 heteroatoms. The quantitative estimate of drug-likeness (QED) is 0.381. The molecule has 4 rings (SSSR count). The second-order valence-electron chi connectivity index (χ2n) is 8.16. The van der Waals surface area contributed by atoms with Gasteiger partial charge in [0.15, 0.2) is 0 Å². The average Bonchev–Trinajstić information content (AvgIpc) is 3.31. The van der Waals surface area contributed by atoms with Crippen molar-refractivity contribution in [1.29, 1.82) is 0 Å². The van der Waals surface area contributed by atoms with Crippen LogP contribution in [-0.2, 0) is 12.8 Å². The molecular formula is C27H32. The van der Waals surface area contributed by atoms with Gasteiger partial charge in [0.25, 0.3) is 0 Å². The lowest BCUT2D eigenvalue weighted by Gasteiger charge is -2.07. The van der Waals surface area contributed by atoms with Crippen LogP contribution in [0.2, 0.25) is 0 Å². The van der Waals surface area contributed by atoms with Gasteiger partial charge < -0.3 is 0 Å². The van der Waals surface area contributed by atoms with Gasteiger partial charge in [-0.2, -0.15) is 0 Å². The Hall–Kier alpha value is -2.08. The molecule has 0 N–H and O–H groups in total. The molecule has 0 aliphatic heterocycles. The van der Waals surface area contributed by atoms with Crippen LogP contribution in [0.3, 0.4) is 0 Å². The molecule has 0 nitrogen and oxygen atoms in total. The molecular weight excluding hydrogens is 324 g/mol. The summed E-state index contributed by atoms with van der Waals surface area (Å²) in [6, 6.07) is 17.8. The molecule has 0 spiro atoms. The van der Waals surface area contributed by atoms with E-state index in [4.69, 9.17) is 0 Å². The van der Waals surface area contributed by atoms with Gasteiger partial charge in [0.05, 0.1) is 0 Å². The minimum Gasteiger partial charge on any atom is -0.0763 e. The molecule has 0 heterocycles. The summed E-state index contributed by atoms with van der Waals surface area (Å²) < 4.78 is 0. The van der Waals surface area contributed by atoms with E-state index in [2.05, 4.69) is 60.7 Å². The molecule has 140 valence electrons. The fourth-order valence-electron chi connectivity index (χ4n) is 4.70. The summed E-state index contributed by atoms with van der Waals surface area (Å²) in [4.78, 5) is 0. The highest BCUT2D eigenvalue weighted by atomic mass is 14.2. The van der Waals surface area contributed by atoms with Gasteiger partial charge in [0.2, 0.25) is 0 Å². The molecule has 2 aliphatic rings. The highest BCUT2D eigenvalue weighted by Gasteiger charge is 2.13. The average molecular weight is 357 g/mol. The molecule has 0 unspecified atom stereocenters. The third-order valence-electron chi connectivity index (χ3n) is 6.26. The number of rotatable bonds is 10. The maximum atomic E-state index is 2.44. The summed E-state index contributed by atoms with van der Waals surface area (Å²) in [6.07, 6.45) is 19.4. The molecule has 27 heavy (non-hydrogen) atoms. The van der Waals surface area contributed by atoms with E-state index in [-0.39, 0.29) is 0 Å². The zero-order valence-electron chi connectivity index (χ0n) is 16.6. The van der Waals surface area contributed by atoms with Crippen LogP contribution in [0, 0.1) is 0 Å². The van der Waals surface area contributed by atoms with Crippen molar-refractivity contribution in [1.82, 2.24) is 0 Å². The first-order valence-corrected chi connectivity index (χ1v) is 11.0. The summed E-state index contributed by atoms with van der Waals surface area (Å²) in [5, 5.41) is 0. The van der Waals surface area contributed by atoms with Crippen LogP contribution in [0.25, 0.3) is 11.1 Å². The van der Waals surface area contributed by atoms with E-state index >= 15 is 0 Å². The smallest absolute Gasteiger partial charge is 0.00854 e. The third kappa shape index (κ3) is 4.61. The van der Waals surface area contributed by atoms with Crippen molar-refractivity contribution in [2.75, 3.05) is 0 Å². The Morgan fingerprint density at radius 2 is 0.889 bits per heavy atom. The zero-order valence-corrected chi connectivity index (χ0v) is 16.6. The lowest BCUT2D eigenvalue weighted by atomic mass is 9.99. The van der Waals surface area contributed by atoms with Gasteiger partial charge in [-0.25, -0.2) is 0 Å². The molecule has 0 amide bonds. The molecule has 0 saturated carbocycles. The lowest BCUT2D eigenvalue weighted by Crippen LogP contribution is -1.86. The standard InChI is InChI=1S/C27H32/c1(2-4-6-12-22-18-20-24-14-8-10-16-26(22)24)3-5-7-13-23-19-21-25-15-9-11-17-27(23)25/h8-11,14-19H,1-7,12-13,20-21H2. The molecule has 0 fully saturated rings. The first-order valence-electron chi connectivity index (χ1n) is 11.0. The van der Waals surface area contributed by atoms with E-state index in [1.807, 2.05) is 0 Å². The van der Waals surface area contributed by atoms with Crippen molar-refractivity contribution >= 4 is 11.1 Å². The first kappa shape index (κ1) is 18.3. The fraction of sp³-hybridized carbons (Fsp3) is 0.407. The second kappa shape index (κ2) is 9.22. The normalized spacial score (nSPS) is 14.7. The number of benzene rings is 2. The molecule has 0 aromatic heterocycles. The van der Waals surface area contributed by atoms with Crippen LogP contribution in [-0.4, -0.2) is 0 Å². The van der Waals surface area contributed by atoms with Gasteiger partial charge in [0, 0.05) is 0 Å². The number of fused-ring (bicyclic) bond motifs is 2. The number of unbranched alkanes of at least 4 members (excludes halogenated alkanes) is 6. The van der Waals surface area contributed by atoms with Crippen LogP contribution in [0.15, 0.2) is 60.7 Å². The van der Waals surface area contributed by atoms with E-state index in [9.17, 15) is 0 Å². The maximum Gasteiger partial charge on any atom is -0.00854 e. The minimum absolute atomic E-state index is 1.15. The van der Waals surface area contributed by atoms with E-state index in [0.29, 0.717) is 0 Å². The predicted molar refractivity (Wildman–Crippen MR) is 118 cm³/mol. The number of hydrogen-bond donors (Lipinski definition) is 0. The third-order valence-corrected chi connectivity index (χ3v) is 6.26. The van der Waals surface area contributed by atoms with Crippen LogP contribution in [0.1, 0.15) is 80.0 Å². The van der Waals surface area contributed by atoms with Crippen molar-refractivity contribution in [2.45, 2.75) is 70.6 Å². The van der Waals surface area contributed by atoms with Crippen LogP contribution < -0.4 is 0 Å².